The van der Waals surface area contributed by atoms with Crippen molar-refractivity contribution in [1.29, 1.82) is 0 Å². The summed E-state index contributed by atoms with van der Waals surface area (Å²) in [6.45, 7) is 0. The van der Waals surface area contributed by atoms with Crippen molar-refractivity contribution in [2.45, 2.75) is 0 Å². The number of furan rings is 1. The maximum absolute atomic E-state index is 9.63. The molecule has 1 nitrogen and oxygen atoms in total. The van der Waals surface area contributed by atoms with Gasteiger partial charge in [0.15, 0.2) is 0 Å². The number of benzene rings is 10. The van der Waals surface area contributed by atoms with Gasteiger partial charge in [-0.3, -0.25) is 0 Å². The molecule has 0 N–H and O–H groups in total. The van der Waals surface area contributed by atoms with Gasteiger partial charge in [0.05, 0.1) is 12.3 Å². The van der Waals surface area contributed by atoms with Crippen molar-refractivity contribution in [1.82, 2.24) is 0 Å². The van der Waals surface area contributed by atoms with E-state index in [9.17, 15) is 2.74 Å². The third kappa shape index (κ3) is 4.16. The lowest BCUT2D eigenvalue weighted by molar-refractivity contribution is 0.673. The predicted molar refractivity (Wildman–Crippen MR) is 218 cm³/mol. The second-order valence-corrected chi connectivity index (χ2v) is 12.9. The molecule has 236 valence electrons. The lowest BCUT2D eigenvalue weighted by Gasteiger charge is -2.21. The highest BCUT2D eigenvalue weighted by atomic mass is 16.3. The number of fused-ring (bicyclic) bond motifs is 9. The molecular weight excluding hydrogens is 617 g/mol. The highest BCUT2D eigenvalue weighted by Gasteiger charge is 2.22. The largest absolute Gasteiger partial charge is 0.455 e. The highest BCUT2D eigenvalue weighted by molar-refractivity contribution is 6.26. The zero-order valence-electron chi connectivity index (χ0n) is 36.0. The Kier molecular flexibility index (Phi) is 4.43. The molecule has 10 aromatic carbocycles. The lowest BCUT2D eigenvalue weighted by atomic mass is 9.82. The molecule has 0 radical (unpaired) electrons. The quantitative estimate of drug-likeness (QED) is 0.173. The van der Waals surface area contributed by atoms with Gasteiger partial charge in [-0.25, -0.2) is 0 Å². The van der Waals surface area contributed by atoms with Crippen LogP contribution in [0.25, 0.3) is 109 Å². The van der Waals surface area contributed by atoms with Crippen LogP contribution in [-0.4, -0.2) is 0 Å². The second-order valence-electron chi connectivity index (χ2n) is 12.9. The van der Waals surface area contributed by atoms with E-state index in [-0.39, 0.29) is 50.4 Å². The molecule has 51 heavy (non-hydrogen) atoms. The van der Waals surface area contributed by atoms with E-state index in [2.05, 4.69) is 66.7 Å². The first-order chi connectivity index (χ1) is 29.1. The van der Waals surface area contributed by atoms with Gasteiger partial charge in [0.2, 0.25) is 0 Å². The molecule has 0 saturated carbocycles. The molecule has 1 aromatic heterocycles. The number of hydrogen-bond acceptors (Lipinski definition) is 1. The minimum atomic E-state index is -0.536. The average molecular weight is 656 g/mol. The first kappa shape index (κ1) is 20.7. The van der Waals surface area contributed by atoms with Gasteiger partial charge in [0, 0.05) is 16.2 Å². The van der Waals surface area contributed by atoms with Crippen LogP contribution < -0.4 is 0 Å². The van der Waals surface area contributed by atoms with Crippen molar-refractivity contribution in [2.75, 3.05) is 0 Å². The van der Waals surface area contributed by atoms with Crippen molar-refractivity contribution in [3.8, 4) is 33.4 Å². The van der Waals surface area contributed by atoms with E-state index >= 15 is 0 Å². The van der Waals surface area contributed by atoms with Gasteiger partial charge in [-0.2, -0.15) is 0 Å². The molecule has 1 heteroatoms. The number of hydrogen-bond donors (Lipinski definition) is 0. The summed E-state index contributed by atoms with van der Waals surface area (Å²) < 4.78 is 87.1. The average Bonchev–Trinajstić information content (AvgIpc) is 3.67. The molecule has 0 aliphatic rings. The number of rotatable bonds is 3. The van der Waals surface area contributed by atoms with Crippen LogP contribution in [-0.2, 0) is 0 Å². The van der Waals surface area contributed by atoms with Crippen LogP contribution in [0.5, 0.6) is 0 Å². The fraction of sp³-hybridized carbons (Fsp3) is 0. The Labute approximate surface area is 307 Å². The summed E-state index contributed by atoms with van der Waals surface area (Å²) in [6.07, 6.45) is 0. The Hall–Kier alpha value is -6.70. The zero-order valence-corrected chi connectivity index (χ0v) is 27.0. The molecule has 0 atom stereocenters. The van der Waals surface area contributed by atoms with E-state index in [1.165, 1.54) is 0 Å². The van der Waals surface area contributed by atoms with Crippen molar-refractivity contribution in [2.24, 2.45) is 0 Å². The van der Waals surface area contributed by atoms with E-state index in [1.54, 1.807) is 0 Å². The monoisotopic (exact) mass is 655 g/mol. The highest BCUT2D eigenvalue weighted by Crippen LogP contribution is 2.49. The van der Waals surface area contributed by atoms with Gasteiger partial charge < -0.3 is 4.42 Å². The van der Waals surface area contributed by atoms with Crippen LogP contribution in [0.3, 0.4) is 0 Å². The fourth-order valence-corrected chi connectivity index (χ4v) is 7.98. The molecule has 11 rings (SSSR count). The van der Waals surface area contributed by atoms with Crippen LogP contribution in [0.2, 0.25) is 0 Å². The van der Waals surface area contributed by atoms with Crippen LogP contribution in [0, 0.1) is 0 Å². The molecule has 0 aliphatic carbocycles. The minimum Gasteiger partial charge on any atom is -0.455 e. The van der Waals surface area contributed by atoms with Gasteiger partial charge in [0.25, 0.3) is 0 Å². The normalized spacial score (nSPS) is 14.4. The summed E-state index contributed by atoms with van der Waals surface area (Å²) in [5, 5.41) is 7.93. The van der Waals surface area contributed by atoms with Gasteiger partial charge in [-0.15, -0.1) is 0 Å². The van der Waals surface area contributed by atoms with Crippen LogP contribution in [0.1, 0.15) is 12.3 Å². The summed E-state index contributed by atoms with van der Waals surface area (Å²) in [7, 11) is 0. The van der Waals surface area contributed by atoms with Crippen molar-refractivity contribution in [3.05, 3.63) is 182 Å². The Bertz CT molecular complexity index is 3660. The summed E-state index contributed by atoms with van der Waals surface area (Å²) in [5.41, 5.74) is 4.39. The Morgan fingerprint density at radius 1 is 0.353 bits per heavy atom. The summed E-state index contributed by atoms with van der Waals surface area (Å²) in [4.78, 5) is 0. The van der Waals surface area contributed by atoms with Crippen LogP contribution in [0.4, 0.5) is 0 Å². The fourth-order valence-electron chi connectivity index (χ4n) is 7.98. The molecule has 0 saturated heterocycles. The van der Waals surface area contributed by atoms with Gasteiger partial charge in [0.1, 0.15) is 11.2 Å². The van der Waals surface area contributed by atoms with E-state index in [4.69, 9.17) is 14.0 Å². The summed E-state index contributed by atoms with van der Waals surface area (Å²) >= 11 is 0. The van der Waals surface area contributed by atoms with E-state index in [0.717, 1.165) is 65.3 Å². The van der Waals surface area contributed by atoms with E-state index < -0.39 is 42.3 Å². The standard InChI is InChI=1S/C50H30O/c1-2-16-34-30-45(44(29-33(34)15-1)42-25-12-26-46-49(42)43-28-27-32-14-4-6-19-36(32)50(43)51-46)48-40-22-9-7-20-38(40)47(39-21-8-10-23-41(39)48)37-24-11-17-31-13-3-5-18-35(31)37/h1-30H/i4D,6D,12D,14D,19D,25D,26D,27D,28D. The topological polar surface area (TPSA) is 13.1 Å². The lowest BCUT2D eigenvalue weighted by Crippen LogP contribution is -1.94. The molecule has 0 unspecified atom stereocenters. The Morgan fingerprint density at radius 3 is 1.67 bits per heavy atom. The molecule has 0 fully saturated rings. The van der Waals surface area contributed by atoms with Crippen molar-refractivity contribution in [3.63, 3.8) is 0 Å². The van der Waals surface area contributed by atoms with Gasteiger partial charge in [-0.1, -0.05) is 158 Å². The molecule has 0 amide bonds. The molecule has 0 spiro atoms. The Morgan fingerprint density at radius 2 is 0.941 bits per heavy atom. The molecular formula is C50H30O. The summed E-state index contributed by atoms with van der Waals surface area (Å²) in [5.74, 6) is 0. The molecule has 0 aliphatic heterocycles. The van der Waals surface area contributed by atoms with Crippen molar-refractivity contribution < 1.29 is 16.8 Å². The first-order valence-electron chi connectivity index (χ1n) is 21.4. The van der Waals surface area contributed by atoms with E-state index in [1.807, 2.05) is 60.7 Å². The first-order valence-corrected chi connectivity index (χ1v) is 16.9. The zero-order chi connectivity index (χ0) is 41.3. The summed E-state index contributed by atoms with van der Waals surface area (Å²) in [6, 6.07) is 39.4. The maximum atomic E-state index is 9.63. The van der Waals surface area contributed by atoms with Crippen LogP contribution >= 0.6 is 0 Å². The van der Waals surface area contributed by atoms with E-state index in [0.29, 0.717) is 5.56 Å². The maximum Gasteiger partial charge on any atom is 0.143 e. The van der Waals surface area contributed by atoms with Crippen LogP contribution in [0.15, 0.2) is 186 Å². The predicted octanol–water partition coefficient (Wildman–Crippen LogP) is 14.4. The third-order valence-corrected chi connectivity index (χ3v) is 10.2. The Balaban J connectivity index is 1.35. The molecule has 1 heterocycles. The second kappa shape index (κ2) is 10.9. The third-order valence-electron chi connectivity index (χ3n) is 10.2. The van der Waals surface area contributed by atoms with Gasteiger partial charge in [-0.05, 0) is 106 Å². The molecule has 11 aromatic rings. The molecule has 0 bridgehead atoms. The SMILES string of the molecule is [2H]c1c([2H])c(-c2cc3ccccc3cc2-c2c3ccccc3c(-c3cccc4ccccc34)c3ccccc23)c2c(oc3c4c([2H])c([2H])c([2H])c([2H])c4c([2H])c([2H])c32)c1[2H]. The minimum absolute atomic E-state index is 0.0460. The van der Waals surface area contributed by atoms with Gasteiger partial charge >= 0.3 is 0 Å². The smallest absolute Gasteiger partial charge is 0.143 e. The van der Waals surface area contributed by atoms with Crippen molar-refractivity contribution >= 4 is 75.8 Å².